The summed E-state index contributed by atoms with van der Waals surface area (Å²) in [6, 6.07) is 9.72. The predicted molar refractivity (Wildman–Crippen MR) is 105 cm³/mol. The molecule has 2 aromatic rings. The molecule has 0 N–H and O–H groups in total. The van der Waals surface area contributed by atoms with E-state index in [9.17, 15) is 9.59 Å². The molecule has 1 atom stereocenters. The number of allylic oxidation sites excluding steroid dienone is 2. The lowest BCUT2D eigenvalue weighted by atomic mass is 9.87. The number of hydrogen-bond acceptors (Lipinski definition) is 5. The Morgan fingerprint density at radius 3 is 2.71 bits per heavy atom. The first-order chi connectivity index (χ1) is 13.6. The molecular weight excluding hydrogens is 356 g/mol. The Kier molecular flexibility index (Phi) is 6.63. The zero-order chi connectivity index (χ0) is 19.9. The van der Waals surface area contributed by atoms with Gasteiger partial charge in [-0.25, -0.2) is 0 Å². The highest BCUT2D eigenvalue weighted by molar-refractivity contribution is 5.76. The van der Waals surface area contributed by atoms with Gasteiger partial charge in [-0.1, -0.05) is 36.4 Å². The normalized spacial score (nSPS) is 16.4. The van der Waals surface area contributed by atoms with Crippen molar-refractivity contribution in [2.75, 3.05) is 7.11 Å². The van der Waals surface area contributed by atoms with Gasteiger partial charge in [0.2, 0.25) is 0 Å². The van der Waals surface area contributed by atoms with Crippen molar-refractivity contribution in [3.63, 3.8) is 0 Å². The van der Waals surface area contributed by atoms with E-state index in [1.165, 1.54) is 12.7 Å². The first-order valence-electron chi connectivity index (χ1n) is 9.57. The first-order valence-corrected chi connectivity index (χ1v) is 9.57. The molecule has 0 amide bonds. The van der Waals surface area contributed by atoms with E-state index < -0.39 is 0 Å². The molecule has 1 aromatic heterocycles. The second-order valence-electron chi connectivity index (χ2n) is 7.01. The lowest BCUT2D eigenvalue weighted by Crippen LogP contribution is -2.19. The van der Waals surface area contributed by atoms with Crippen molar-refractivity contribution in [1.82, 2.24) is 9.78 Å². The van der Waals surface area contributed by atoms with Crippen molar-refractivity contribution >= 4 is 17.5 Å². The Labute approximate surface area is 165 Å². The topological polar surface area (TPSA) is 70.4 Å². The number of aryl methyl sites for hydroxylation is 2. The van der Waals surface area contributed by atoms with Crippen LogP contribution in [0.5, 0.6) is 0 Å². The fraction of sp³-hybridized carbons (Fsp3) is 0.409. The number of rotatable bonds is 7. The van der Waals surface area contributed by atoms with E-state index in [1.807, 2.05) is 43.5 Å². The van der Waals surface area contributed by atoms with Crippen molar-refractivity contribution in [1.29, 1.82) is 0 Å². The average Bonchev–Trinajstić information content (AvgIpc) is 3.11. The van der Waals surface area contributed by atoms with Crippen LogP contribution in [0.25, 0.3) is 5.57 Å². The lowest BCUT2D eigenvalue weighted by molar-refractivity contribution is -0.150. The van der Waals surface area contributed by atoms with E-state index >= 15 is 0 Å². The number of nitrogens with zero attached hydrogens (tertiary/aromatic N) is 2. The number of hydrogen-bond donors (Lipinski definition) is 0. The van der Waals surface area contributed by atoms with Crippen LogP contribution in [-0.2, 0) is 32.2 Å². The van der Waals surface area contributed by atoms with Crippen LogP contribution in [0.2, 0.25) is 0 Å². The minimum atomic E-state index is -0.247. The molecule has 6 heteroatoms. The van der Waals surface area contributed by atoms with Crippen molar-refractivity contribution in [2.24, 2.45) is 5.92 Å². The highest BCUT2D eigenvalue weighted by Crippen LogP contribution is 2.32. The molecule has 3 rings (SSSR count). The summed E-state index contributed by atoms with van der Waals surface area (Å²) >= 11 is 0. The number of methoxy groups -OCH3 is 1. The minimum absolute atomic E-state index is 0.0952. The maximum atomic E-state index is 12.4. The summed E-state index contributed by atoms with van der Waals surface area (Å²) in [5, 5.41) is 4.49. The van der Waals surface area contributed by atoms with E-state index in [-0.39, 0.29) is 17.9 Å². The molecule has 1 aromatic carbocycles. The van der Waals surface area contributed by atoms with Gasteiger partial charge in [0.1, 0.15) is 6.61 Å². The molecule has 0 bridgehead atoms. The third kappa shape index (κ3) is 5.09. The Hall–Kier alpha value is -2.89. The van der Waals surface area contributed by atoms with Crippen LogP contribution in [0, 0.1) is 12.8 Å². The molecule has 0 saturated carbocycles. The lowest BCUT2D eigenvalue weighted by Gasteiger charge is -2.20. The molecule has 1 aliphatic rings. The van der Waals surface area contributed by atoms with Gasteiger partial charge in [0.15, 0.2) is 0 Å². The number of esters is 2. The zero-order valence-corrected chi connectivity index (χ0v) is 16.4. The smallest absolute Gasteiger partial charge is 0.309 e. The highest BCUT2D eigenvalue weighted by atomic mass is 16.5. The number of ether oxygens (including phenoxy) is 2. The van der Waals surface area contributed by atoms with Gasteiger partial charge in [0.05, 0.1) is 31.7 Å². The van der Waals surface area contributed by atoms with E-state index in [2.05, 4.69) is 15.9 Å². The van der Waals surface area contributed by atoms with Gasteiger partial charge in [-0.05, 0) is 37.3 Å². The van der Waals surface area contributed by atoms with Crippen molar-refractivity contribution in [3.8, 4) is 0 Å². The molecular formula is C22H26N2O4. The maximum absolute atomic E-state index is 12.4. The Morgan fingerprint density at radius 1 is 1.25 bits per heavy atom. The van der Waals surface area contributed by atoms with Crippen LogP contribution < -0.4 is 0 Å². The summed E-state index contributed by atoms with van der Waals surface area (Å²) in [4.78, 5) is 23.7. The Balaban J connectivity index is 1.55. The quantitative estimate of drug-likeness (QED) is 0.683. The van der Waals surface area contributed by atoms with Gasteiger partial charge in [-0.15, -0.1) is 0 Å². The van der Waals surface area contributed by atoms with Crippen molar-refractivity contribution < 1.29 is 19.1 Å². The van der Waals surface area contributed by atoms with Crippen molar-refractivity contribution in [2.45, 2.75) is 45.8 Å². The molecule has 0 saturated heterocycles. The van der Waals surface area contributed by atoms with Gasteiger partial charge >= 0.3 is 11.9 Å². The minimum Gasteiger partial charge on any atom is -0.469 e. The van der Waals surface area contributed by atoms with Gasteiger partial charge in [-0.2, -0.15) is 5.10 Å². The van der Waals surface area contributed by atoms with E-state index in [0.717, 1.165) is 29.7 Å². The van der Waals surface area contributed by atoms with Crippen molar-refractivity contribution in [3.05, 3.63) is 59.4 Å². The maximum Gasteiger partial charge on any atom is 0.309 e. The van der Waals surface area contributed by atoms with Crippen LogP contribution in [0.3, 0.4) is 0 Å². The zero-order valence-electron chi connectivity index (χ0n) is 16.4. The van der Waals surface area contributed by atoms with Crippen LogP contribution in [0.4, 0.5) is 0 Å². The number of benzene rings is 1. The van der Waals surface area contributed by atoms with Gasteiger partial charge < -0.3 is 9.47 Å². The number of carbonyl (C=O) groups is 2. The van der Waals surface area contributed by atoms with Crippen LogP contribution in [0.1, 0.15) is 42.5 Å². The summed E-state index contributed by atoms with van der Waals surface area (Å²) in [5.41, 5.74) is 4.22. The number of carbonyl (C=O) groups excluding carboxylic acids is 2. The third-order valence-corrected chi connectivity index (χ3v) is 5.03. The second kappa shape index (κ2) is 9.35. The first kappa shape index (κ1) is 19.9. The van der Waals surface area contributed by atoms with Gasteiger partial charge in [0.25, 0.3) is 0 Å². The summed E-state index contributed by atoms with van der Waals surface area (Å²) in [6.45, 7) is 2.78. The molecule has 1 heterocycles. The summed E-state index contributed by atoms with van der Waals surface area (Å²) in [7, 11) is 1.39. The highest BCUT2D eigenvalue weighted by Gasteiger charge is 2.24. The molecule has 1 aliphatic carbocycles. The SMILES string of the molecule is COC(=O)CCn1cc(C2=CCC(C(=O)OCc3ccccc3)CC2)c(C)n1. The molecule has 1 unspecified atom stereocenters. The second-order valence-corrected chi connectivity index (χ2v) is 7.01. The van der Waals surface area contributed by atoms with E-state index in [1.54, 1.807) is 4.68 Å². The van der Waals surface area contributed by atoms with Crippen LogP contribution >= 0.6 is 0 Å². The molecule has 148 valence electrons. The molecule has 6 nitrogen and oxygen atoms in total. The summed E-state index contributed by atoms with van der Waals surface area (Å²) < 4.78 is 11.9. The van der Waals surface area contributed by atoms with E-state index in [4.69, 9.17) is 4.74 Å². The molecule has 28 heavy (non-hydrogen) atoms. The Morgan fingerprint density at radius 2 is 2.04 bits per heavy atom. The van der Waals surface area contributed by atoms with E-state index in [0.29, 0.717) is 26.0 Å². The molecule has 0 spiro atoms. The van der Waals surface area contributed by atoms with Gasteiger partial charge in [-0.3, -0.25) is 14.3 Å². The molecule has 0 aliphatic heterocycles. The fourth-order valence-corrected chi connectivity index (χ4v) is 3.39. The third-order valence-electron chi connectivity index (χ3n) is 5.03. The number of aromatic nitrogens is 2. The summed E-state index contributed by atoms with van der Waals surface area (Å²) in [5.74, 6) is -0.477. The Bertz CT molecular complexity index is 855. The fourth-order valence-electron chi connectivity index (χ4n) is 3.39. The molecule has 0 radical (unpaired) electrons. The standard InChI is InChI=1S/C22H26N2O4/c1-16-20(14-24(23-16)13-12-21(25)27-2)18-8-10-19(11-9-18)22(26)28-15-17-6-4-3-5-7-17/h3-8,14,19H,9-13,15H2,1-2H3. The molecule has 0 fully saturated rings. The monoisotopic (exact) mass is 382 g/mol. The predicted octanol–water partition coefficient (Wildman–Crippen LogP) is 3.68. The van der Waals surface area contributed by atoms with Crippen LogP contribution in [-0.4, -0.2) is 28.8 Å². The van der Waals surface area contributed by atoms with Gasteiger partial charge in [0, 0.05) is 11.8 Å². The van der Waals surface area contributed by atoms with Crippen LogP contribution in [0.15, 0.2) is 42.6 Å². The largest absolute Gasteiger partial charge is 0.469 e. The summed E-state index contributed by atoms with van der Waals surface area (Å²) in [6.07, 6.45) is 6.65. The average molecular weight is 382 g/mol.